The number of anilines is 1. The summed E-state index contributed by atoms with van der Waals surface area (Å²) in [7, 11) is 0. The Balaban J connectivity index is 1.58. The first-order valence-electron chi connectivity index (χ1n) is 7.81. The number of hydrogen-bond donors (Lipinski definition) is 1. The molecule has 0 bridgehead atoms. The van der Waals surface area contributed by atoms with E-state index in [1.807, 2.05) is 48.5 Å². The number of nitrogens with one attached hydrogen (secondary N) is 1. The largest absolute Gasteiger partial charge is 0.324 e. The number of thioether (sulfide) groups is 1. The lowest BCUT2D eigenvalue weighted by atomic mass is 10.2. The standard InChI is InChI=1S/C18H15N3O2S2/c22-16(9-21-11-24-10-17(21)23)19-13-6-2-1-5-12(13)18-20-14-7-3-4-8-15(14)25-18/h1-8H,9-11H2,(H,19,22). The Morgan fingerprint density at radius 2 is 1.96 bits per heavy atom. The van der Waals surface area contributed by atoms with E-state index < -0.39 is 0 Å². The van der Waals surface area contributed by atoms with E-state index in [-0.39, 0.29) is 18.4 Å². The van der Waals surface area contributed by atoms with E-state index in [4.69, 9.17) is 0 Å². The van der Waals surface area contributed by atoms with Crippen molar-refractivity contribution in [1.82, 2.24) is 9.88 Å². The van der Waals surface area contributed by atoms with Gasteiger partial charge in [0, 0.05) is 5.56 Å². The summed E-state index contributed by atoms with van der Waals surface area (Å²) in [5.74, 6) is 0.852. The average Bonchev–Trinajstić information content (AvgIpc) is 3.21. The number of amides is 2. The van der Waals surface area contributed by atoms with Gasteiger partial charge in [-0.15, -0.1) is 23.1 Å². The number of hydrogen-bond acceptors (Lipinski definition) is 5. The van der Waals surface area contributed by atoms with Crippen molar-refractivity contribution in [3.05, 3.63) is 48.5 Å². The first kappa shape index (κ1) is 16.1. The minimum atomic E-state index is -0.190. The fourth-order valence-corrected chi connectivity index (χ4v) is 4.58. The molecule has 3 aromatic rings. The Labute approximate surface area is 153 Å². The summed E-state index contributed by atoms with van der Waals surface area (Å²) < 4.78 is 1.11. The van der Waals surface area contributed by atoms with Crippen LogP contribution in [0.4, 0.5) is 5.69 Å². The molecule has 2 heterocycles. The summed E-state index contributed by atoms with van der Waals surface area (Å²) in [6.45, 7) is 0.0833. The van der Waals surface area contributed by atoms with Crippen LogP contribution in [0.1, 0.15) is 0 Å². The molecule has 1 aliphatic rings. The van der Waals surface area contributed by atoms with Crippen LogP contribution in [0.2, 0.25) is 0 Å². The number of aromatic nitrogens is 1. The lowest BCUT2D eigenvalue weighted by Gasteiger charge is -2.15. The van der Waals surface area contributed by atoms with Crippen molar-refractivity contribution in [3.63, 3.8) is 0 Å². The maximum Gasteiger partial charge on any atom is 0.244 e. The van der Waals surface area contributed by atoms with Gasteiger partial charge in [0.1, 0.15) is 11.6 Å². The molecule has 0 spiro atoms. The Morgan fingerprint density at radius 3 is 2.76 bits per heavy atom. The van der Waals surface area contributed by atoms with Crippen molar-refractivity contribution in [2.75, 3.05) is 23.5 Å². The van der Waals surface area contributed by atoms with Gasteiger partial charge in [-0.05, 0) is 24.3 Å². The van der Waals surface area contributed by atoms with Crippen LogP contribution in [0.15, 0.2) is 48.5 Å². The topological polar surface area (TPSA) is 62.3 Å². The lowest BCUT2D eigenvalue weighted by Crippen LogP contribution is -2.34. The van der Waals surface area contributed by atoms with Gasteiger partial charge >= 0.3 is 0 Å². The second-order valence-electron chi connectivity index (χ2n) is 5.65. The van der Waals surface area contributed by atoms with Crippen LogP contribution in [-0.2, 0) is 9.59 Å². The summed E-state index contributed by atoms with van der Waals surface area (Å²) in [6, 6.07) is 15.6. The minimum Gasteiger partial charge on any atom is -0.324 e. The zero-order valence-electron chi connectivity index (χ0n) is 13.3. The molecule has 7 heteroatoms. The van der Waals surface area contributed by atoms with E-state index >= 15 is 0 Å². The Hall–Kier alpha value is -2.38. The highest BCUT2D eigenvalue weighted by Gasteiger charge is 2.23. The molecule has 1 N–H and O–H groups in total. The van der Waals surface area contributed by atoms with Gasteiger partial charge in [0.25, 0.3) is 0 Å². The van der Waals surface area contributed by atoms with Gasteiger partial charge in [-0.2, -0.15) is 0 Å². The van der Waals surface area contributed by atoms with Crippen LogP contribution < -0.4 is 5.32 Å². The summed E-state index contributed by atoms with van der Waals surface area (Å²) in [5.41, 5.74) is 2.55. The Morgan fingerprint density at radius 1 is 1.16 bits per heavy atom. The van der Waals surface area contributed by atoms with Crippen LogP contribution >= 0.6 is 23.1 Å². The minimum absolute atomic E-state index is 0.0135. The van der Waals surface area contributed by atoms with Crippen LogP contribution in [-0.4, -0.2) is 39.9 Å². The molecule has 126 valence electrons. The number of thiazole rings is 1. The summed E-state index contributed by atoms with van der Waals surface area (Å²) in [4.78, 5) is 30.2. The van der Waals surface area contributed by atoms with Crippen molar-refractivity contribution in [2.24, 2.45) is 0 Å². The smallest absolute Gasteiger partial charge is 0.244 e. The number of carbonyl (C=O) groups is 2. The first-order valence-corrected chi connectivity index (χ1v) is 9.78. The van der Waals surface area contributed by atoms with E-state index in [1.54, 1.807) is 16.2 Å². The summed E-state index contributed by atoms with van der Waals surface area (Å²) >= 11 is 3.12. The number of carbonyl (C=O) groups excluding carboxylic acids is 2. The predicted octanol–water partition coefficient (Wildman–Crippen LogP) is 3.43. The molecule has 4 rings (SSSR count). The van der Waals surface area contributed by atoms with Gasteiger partial charge in [-0.3, -0.25) is 9.59 Å². The fourth-order valence-electron chi connectivity index (χ4n) is 2.67. The molecule has 5 nitrogen and oxygen atoms in total. The van der Waals surface area contributed by atoms with Crippen LogP contribution in [0.3, 0.4) is 0 Å². The molecule has 1 saturated heterocycles. The monoisotopic (exact) mass is 369 g/mol. The van der Waals surface area contributed by atoms with E-state index in [0.29, 0.717) is 17.3 Å². The van der Waals surface area contributed by atoms with Crippen LogP contribution in [0.5, 0.6) is 0 Å². The molecule has 0 unspecified atom stereocenters. The SMILES string of the molecule is O=C(CN1CSCC1=O)Nc1ccccc1-c1nc2ccccc2s1. The third kappa shape index (κ3) is 3.38. The molecule has 2 aromatic carbocycles. The summed E-state index contributed by atoms with van der Waals surface area (Å²) in [6.07, 6.45) is 0. The zero-order chi connectivity index (χ0) is 17.2. The first-order chi connectivity index (χ1) is 12.2. The van der Waals surface area contributed by atoms with E-state index in [0.717, 1.165) is 20.8 Å². The predicted molar refractivity (Wildman–Crippen MR) is 103 cm³/mol. The molecule has 1 fully saturated rings. The lowest BCUT2D eigenvalue weighted by molar-refractivity contribution is -0.130. The van der Waals surface area contributed by atoms with E-state index in [2.05, 4.69) is 10.3 Å². The van der Waals surface area contributed by atoms with Gasteiger partial charge in [-0.25, -0.2) is 4.98 Å². The molecule has 0 saturated carbocycles. The maximum absolute atomic E-state index is 12.3. The van der Waals surface area contributed by atoms with Crippen molar-refractivity contribution < 1.29 is 9.59 Å². The molecular weight excluding hydrogens is 354 g/mol. The van der Waals surface area contributed by atoms with Gasteiger partial charge < -0.3 is 10.2 Å². The van der Waals surface area contributed by atoms with Crippen molar-refractivity contribution in [2.45, 2.75) is 0 Å². The molecule has 1 aromatic heterocycles. The highest BCUT2D eigenvalue weighted by atomic mass is 32.2. The van der Waals surface area contributed by atoms with Gasteiger partial charge in [0.15, 0.2) is 0 Å². The molecule has 25 heavy (non-hydrogen) atoms. The number of para-hydroxylation sites is 2. The normalized spacial score (nSPS) is 14.2. The number of rotatable bonds is 4. The van der Waals surface area contributed by atoms with Crippen LogP contribution in [0, 0.1) is 0 Å². The third-order valence-corrected chi connectivity index (χ3v) is 5.90. The van der Waals surface area contributed by atoms with Gasteiger partial charge in [0.05, 0.1) is 27.5 Å². The molecular formula is C18H15N3O2S2. The fraction of sp³-hybridized carbons (Fsp3) is 0.167. The van der Waals surface area contributed by atoms with E-state index in [9.17, 15) is 9.59 Å². The number of nitrogens with zero attached hydrogens (tertiary/aromatic N) is 2. The van der Waals surface area contributed by atoms with Crippen molar-refractivity contribution >= 4 is 50.8 Å². The number of benzene rings is 2. The molecule has 1 aliphatic heterocycles. The van der Waals surface area contributed by atoms with Crippen molar-refractivity contribution in [3.8, 4) is 10.6 Å². The molecule has 0 aliphatic carbocycles. The van der Waals surface area contributed by atoms with Crippen molar-refractivity contribution in [1.29, 1.82) is 0 Å². The third-order valence-electron chi connectivity index (χ3n) is 3.89. The number of fused-ring (bicyclic) bond motifs is 1. The van der Waals surface area contributed by atoms with Crippen LogP contribution in [0.25, 0.3) is 20.8 Å². The second-order valence-corrected chi connectivity index (χ2v) is 7.64. The van der Waals surface area contributed by atoms with Gasteiger partial charge in [0.2, 0.25) is 11.8 Å². The highest BCUT2D eigenvalue weighted by molar-refractivity contribution is 8.00. The second kappa shape index (κ2) is 6.85. The molecule has 0 atom stereocenters. The maximum atomic E-state index is 12.3. The summed E-state index contributed by atoms with van der Waals surface area (Å²) in [5, 5.41) is 3.79. The average molecular weight is 369 g/mol. The Bertz CT molecular complexity index is 921. The van der Waals surface area contributed by atoms with Gasteiger partial charge in [-0.1, -0.05) is 24.3 Å². The molecule has 2 amide bonds. The Kier molecular flexibility index (Phi) is 4.42. The van der Waals surface area contributed by atoms with E-state index in [1.165, 1.54) is 11.8 Å². The highest BCUT2D eigenvalue weighted by Crippen LogP contribution is 2.34. The zero-order valence-corrected chi connectivity index (χ0v) is 14.9. The quantitative estimate of drug-likeness (QED) is 0.765. The molecule has 0 radical (unpaired) electrons.